The zero-order valence-electron chi connectivity index (χ0n) is 10.9. The van der Waals surface area contributed by atoms with Crippen LogP contribution < -0.4 is 0 Å². The van der Waals surface area contributed by atoms with Gasteiger partial charge in [-0.3, -0.25) is 9.59 Å². The predicted molar refractivity (Wildman–Crippen MR) is 73.3 cm³/mol. The van der Waals surface area contributed by atoms with Crippen molar-refractivity contribution in [3.63, 3.8) is 0 Å². The monoisotopic (exact) mass is 303 g/mol. The molecule has 0 unspecified atom stereocenters. The molecular weight excluding hydrogens is 288 g/mol. The third-order valence-corrected chi connectivity index (χ3v) is 2.28. The Balaban J connectivity index is 0.000000550. The summed E-state index contributed by atoms with van der Waals surface area (Å²) in [5, 5.41) is 0. The molecule has 0 aliphatic rings. The first-order valence-corrected chi connectivity index (χ1v) is 7.47. The molecule has 2 aromatic carbocycles. The quantitative estimate of drug-likeness (QED) is 0.489. The number of ketones is 2. The van der Waals surface area contributed by atoms with Gasteiger partial charge in [-0.1, -0.05) is 60.7 Å². The Morgan fingerprint density at radius 2 is 0.947 bits per heavy atom. The second kappa shape index (κ2) is 8.41. The summed E-state index contributed by atoms with van der Waals surface area (Å²) >= 11 is 1.81. The molecule has 0 heterocycles. The average Bonchev–Trinajstić information content (AvgIpc) is 2.48. The zero-order chi connectivity index (χ0) is 14.1. The van der Waals surface area contributed by atoms with Crippen molar-refractivity contribution in [1.29, 1.82) is 0 Å². The Labute approximate surface area is 120 Å². The second-order valence-corrected chi connectivity index (χ2v) is 4.63. The third-order valence-electron chi connectivity index (χ3n) is 2.28. The Kier molecular flexibility index (Phi) is 6.80. The van der Waals surface area contributed by atoms with Crippen LogP contribution in [-0.2, 0) is 15.0 Å². The molecule has 103 valence electrons. The molecule has 0 bridgehead atoms. The summed E-state index contributed by atoms with van der Waals surface area (Å²) in [4.78, 5) is 23.6. The summed E-state index contributed by atoms with van der Waals surface area (Å²) < 4.78 is 0. The molecule has 0 aromatic heterocycles. The van der Waals surface area contributed by atoms with Crippen LogP contribution in [0.1, 0.15) is 20.7 Å². The van der Waals surface area contributed by atoms with Crippen molar-refractivity contribution >= 4 is 11.6 Å². The number of benzene rings is 2. The number of hydrogen-bond acceptors (Lipinski definition) is 2. The van der Waals surface area contributed by atoms with Gasteiger partial charge in [0.25, 0.3) is 0 Å². The first-order valence-electron chi connectivity index (χ1n) is 5.58. The van der Waals surface area contributed by atoms with Crippen molar-refractivity contribution in [2.75, 3.05) is 0 Å². The van der Waals surface area contributed by atoms with Crippen molar-refractivity contribution in [3.05, 3.63) is 71.8 Å². The molecule has 0 amide bonds. The maximum atomic E-state index is 11.8. The molecule has 2 aromatic rings. The van der Waals surface area contributed by atoms with E-state index in [-0.39, 0.29) is 0 Å². The van der Waals surface area contributed by atoms with Gasteiger partial charge in [0.2, 0.25) is 11.6 Å². The van der Waals surface area contributed by atoms with Crippen molar-refractivity contribution in [2.24, 2.45) is 0 Å². The van der Waals surface area contributed by atoms with Gasteiger partial charge in [0, 0.05) is 11.1 Å². The van der Waals surface area contributed by atoms with Gasteiger partial charge in [-0.2, -0.15) is 0 Å². The van der Waals surface area contributed by atoms with Crippen LogP contribution in [0.3, 0.4) is 0 Å². The minimum atomic E-state index is -0.466. The van der Waals surface area contributed by atoms with Crippen LogP contribution in [0.4, 0.5) is 0 Å². The number of hydrogen-bond donors (Lipinski definition) is 0. The van der Waals surface area contributed by atoms with E-state index in [0.29, 0.717) is 11.1 Å². The molecule has 0 radical (unpaired) electrons. The van der Waals surface area contributed by atoms with Crippen LogP contribution in [0, 0.1) is 0 Å². The minimum absolute atomic E-state index is 0.427. The summed E-state index contributed by atoms with van der Waals surface area (Å²) in [5.74, 6) is 3.13. The molecule has 0 N–H and O–H groups in total. The molecule has 0 atom stereocenters. The van der Waals surface area contributed by atoms with Gasteiger partial charge in [-0.15, -0.1) is 0 Å². The van der Waals surface area contributed by atoms with Crippen molar-refractivity contribution in [2.45, 2.75) is 11.6 Å². The zero-order valence-corrected chi connectivity index (χ0v) is 11.8. The van der Waals surface area contributed by atoms with Crippen molar-refractivity contribution in [3.8, 4) is 0 Å². The fourth-order valence-corrected chi connectivity index (χ4v) is 1.44. The summed E-state index contributed by atoms with van der Waals surface area (Å²) in [7, 11) is 0. The molecule has 0 saturated heterocycles. The van der Waals surface area contributed by atoms with Gasteiger partial charge < -0.3 is 0 Å². The number of rotatable bonds is 3. The Hall–Kier alpha value is -1.70. The van der Waals surface area contributed by atoms with Crippen LogP contribution in [0.15, 0.2) is 60.7 Å². The van der Waals surface area contributed by atoms with Gasteiger partial charge in [0.1, 0.15) is 0 Å². The SMILES string of the molecule is O=C(C(=O)c1ccccc1)c1ccccc1.[CH3][Cu][CH3]. The van der Waals surface area contributed by atoms with E-state index in [1.54, 1.807) is 48.5 Å². The normalized spacial score (nSPS) is 9.37. The van der Waals surface area contributed by atoms with Crippen molar-refractivity contribution in [1.82, 2.24) is 0 Å². The van der Waals surface area contributed by atoms with Crippen LogP contribution in [0.2, 0.25) is 11.6 Å². The molecule has 3 heteroatoms. The molecule has 0 aliphatic carbocycles. The maximum absolute atomic E-state index is 11.8. The standard InChI is InChI=1S/C14H10O2.2CH3.Cu/c15-13(11-7-3-1-4-8-11)14(16)12-9-5-2-6-10-12;;;/h1-10H;2*1H3;. The Bertz CT molecular complexity index is 471. The van der Waals surface area contributed by atoms with E-state index < -0.39 is 11.6 Å². The van der Waals surface area contributed by atoms with Crippen LogP contribution in [0.5, 0.6) is 0 Å². The van der Waals surface area contributed by atoms with Crippen LogP contribution in [0.25, 0.3) is 0 Å². The van der Waals surface area contributed by atoms with Gasteiger partial charge >= 0.3 is 26.6 Å². The Morgan fingerprint density at radius 3 is 1.21 bits per heavy atom. The van der Waals surface area contributed by atoms with E-state index >= 15 is 0 Å². The molecule has 0 fully saturated rings. The topological polar surface area (TPSA) is 34.1 Å². The molecule has 19 heavy (non-hydrogen) atoms. The first-order chi connectivity index (χ1) is 9.20. The average molecular weight is 304 g/mol. The first kappa shape index (κ1) is 15.4. The number of Topliss-reactive ketones (excluding diaryl/α,β-unsaturated/α-hetero) is 2. The molecule has 2 rings (SSSR count). The van der Waals surface area contributed by atoms with E-state index in [1.165, 1.54) is 0 Å². The molecule has 0 spiro atoms. The van der Waals surface area contributed by atoms with Gasteiger partial charge in [-0.25, -0.2) is 0 Å². The number of carbonyl (C=O) groups is 2. The molecule has 2 nitrogen and oxygen atoms in total. The van der Waals surface area contributed by atoms with Gasteiger partial charge in [0.05, 0.1) is 0 Å². The fourth-order valence-electron chi connectivity index (χ4n) is 1.44. The van der Waals surface area contributed by atoms with E-state index in [4.69, 9.17) is 0 Å². The molecule has 0 aliphatic heterocycles. The fraction of sp³-hybridized carbons (Fsp3) is 0.125. The third kappa shape index (κ3) is 4.82. The number of carbonyl (C=O) groups excluding carboxylic acids is 2. The summed E-state index contributed by atoms with van der Waals surface area (Å²) in [5.41, 5.74) is 0.854. The van der Waals surface area contributed by atoms with Crippen LogP contribution in [-0.4, -0.2) is 11.6 Å². The Morgan fingerprint density at radius 1 is 0.684 bits per heavy atom. The van der Waals surface area contributed by atoms with E-state index in [9.17, 15) is 9.59 Å². The summed E-state index contributed by atoms with van der Waals surface area (Å²) in [6.07, 6.45) is 0. The molecular formula is C16H16CuO2. The van der Waals surface area contributed by atoms with E-state index in [2.05, 4.69) is 0 Å². The van der Waals surface area contributed by atoms with E-state index in [0.717, 1.165) is 0 Å². The predicted octanol–water partition coefficient (Wildman–Crippen LogP) is 3.92. The molecule has 0 saturated carbocycles. The van der Waals surface area contributed by atoms with E-state index in [1.807, 2.05) is 38.7 Å². The summed E-state index contributed by atoms with van der Waals surface area (Å²) in [6.45, 7) is 0. The second-order valence-electron chi connectivity index (χ2n) is 3.69. The van der Waals surface area contributed by atoms with Crippen LogP contribution >= 0.6 is 0 Å². The van der Waals surface area contributed by atoms with Crippen molar-refractivity contribution < 1.29 is 24.5 Å². The summed E-state index contributed by atoms with van der Waals surface area (Å²) in [6, 6.07) is 17.2. The van der Waals surface area contributed by atoms with Gasteiger partial charge in [-0.05, 0) is 0 Å². The van der Waals surface area contributed by atoms with Gasteiger partial charge in [0.15, 0.2) is 0 Å².